The maximum atomic E-state index is 12.1. The van der Waals surface area contributed by atoms with E-state index in [4.69, 9.17) is 11.6 Å². The largest absolute Gasteiger partial charge is 0.339 e. The first-order valence-electron chi connectivity index (χ1n) is 6.80. The van der Waals surface area contributed by atoms with Crippen LogP contribution in [0.3, 0.4) is 0 Å². The van der Waals surface area contributed by atoms with Gasteiger partial charge in [0.25, 0.3) is 0 Å². The van der Waals surface area contributed by atoms with Crippen LogP contribution in [0.1, 0.15) is 6.42 Å². The average Bonchev–Trinajstić information content (AvgIpc) is 2.50. The fraction of sp³-hybridized carbons (Fsp3) is 0.429. The third kappa shape index (κ3) is 4.54. The quantitative estimate of drug-likeness (QED) is 0.837. The van der Waals surface area contributed by atoms with Crippen LogP contribution in [0.2, 0.25) is 5.02 Å². The molecule has 1 aromatic carbocycles. The van der Waals surface area contributed by atoms with Crippen LogP contribution in [0.15, 0.2) is 24.3 Å². The lowest BCUT2D eigenvalue weighted by atomic mass is 10.3. The predicted octanol–water partition coefficient (Wildman–Crippen LogP) is 2.34. The highest BCUT2D eigenvalue weighted by Crippen LogP contribution is 2.14. The molecule has 5 nitrogen and oxygen atoms in total. The third-order valence-electron chi connectivity index (χ3n) is 3.34. The molecule has 0 saturated carbocycles. The molecule has 1 saturated heterocycles. The highest BCUT2D eigenvalue weighted by molar-refractivity contribution is 7.80. The van der Waals surface area contributed by atoms with Crippen molar-refractivity contribution in [3.8, 4) is 0 Å². The molecule has 1 aromatic rings. The molecule has 1 N–H and O–H groups in total. The molecule has 1 heterocycles. The van der Waals surface area contributed by atoms with Crippen molar-refractivity contribution in [2.24, 2.45) is 0 Å². The van der Waals surface area contributed by atoms with Crippen molar-refractivity contribution in [1.82, 2.24) is 9.80 Å². The number of amides is 3. The van der Waals surface area contributed by atoms with Crippen LogP contribution in [0, 0.1) is 0 Å². The van der Waals surface area contributed by atoms with E-state index in [1.165, 1.54) is 0 Å². The molecular weight excluding hydrogens is 310 g/mol. The van der Waals surface area contributed by atoms with Gasteiger partial charge in [0.2, 0.25) is 5.91 Å². The van der Waals surface area contributed by atoms with Crippen LogP contribution in [-0.4, -0.2) is 53.7 Å². The number of nitrogens with zero attached hydrogens (tertiary/aromatic N) is 2. The van der Waals surface area contributed by atoms with Crippen LogP contribution in [-0.2, 0) is 4.79 Å². The molecule has 0 spiro atoms. The van der Waals surface area contributed by atoms with Gasteiger partial charge in [0.1, 0.15) is 0 Å². The Bertz CT molecular complexity index is 501. The molecule has 0 radical (unpaired) electrons. The van der Waals surface area contributed by atoms with Gasteiger partial charge >= 0.3 is 6.03 Å². The van der Waals surface area contributed by atoms with E-state index in [2.05, 4.69) is 17.9 Å². The number of urea groups is 1. The van der Waals surface area contributed by atoms with E-state index in [0.717, 1.165) is 0 Å². The molecule has 2 rings (SSSR count). The first-order chi connectivity index (χ1) is 10.1. The van der Waals surface area contributed by atoms with Crippen molar-refractivity contribution >= 4 is 41.9 Å². The average molecular weight is 328 g/mol. The van der Waals surface area contributed by atoms with E-state index in [0.29, 0.717) is 49.1 Å². The summed E-state index contributed by atoms with van der Waals surface area (Å²) in [5.41, 5.74) is 0.706. The number of carbonyl (C=O) groups is 2. The highest BCUT2D eigenvalue weighted by Gasteiger charge is 2.23. The second kappa shape index (κ2) is 7.56. The van der Waals surface area contributed by atoms with E-state index in [-0.39, 0.29) is 11.9 Å². The summed E-state index contributed by atoms with van der Waals surface area (Å²) in [5.74, 6) is 0.651. The number of rotatable bonds is 3. The molecule has 7 heteroatoms. The molecule has 0 unspecified atom stereocenters. The summed E-state index contributed by atoms with van der Waals surface area (Å²) in [5, 5.41) is 3.45. The van der Waals surface area contributed by atoms with Crippen molar-refractivity contribution in [2.45, 2.75) is 6.42 Å². The first-order valence-corrected chi connectivity index (χ1v) is 7.81. The molecule has 0 atom stereocenters. The van der Waals surface area contributed by atoms with E-state index in [1.807, 2.05) is 0 Å². The molecule has 3 amide bonds. The zero-order valence-corrected chi connectivity index (χ0v) is 13.2. The summed E-state index contributed by atoms with van der Waals surface area (Å²) in [4.78, 5) is 27.4. The second-order valence-electron chi connectivity index (χ2n) is 4.78. The minimum Gasteiger partial charge on any atom is -0.339 e. The van der Waals surface area contributed by atoms with E-state index >= 15 is 0 Å². The van der Waals surface area contributed by atoms with E-state index in [1.54, 1.807) is 34.1 Å². The van der Waals surface area contributed by atoms with Crippen LogP contribution >= 0.6 is 24.2 Å². The molecule has 0 bridgehead atoms. The topological polar surface area (TPSA) is 52.7 Å². The zero-order chi connectivity index (χ0) is 15.2. The number of thiol groups is 1. The van der Waals surface area contributed by atoms with Gasteiger partial charge in [-0.1, -0.05) is 11.6 Å². The Labute approximate surface area is 134 Å². The highest BCUT2D eigenvalue weighted by atomic mass is 35.5. The normalized spacial score (nSPS) is 15.0. The Hall–Kier alpha value is -1.40. The van der Waals surface area contributed by atoms with Crippen molar-refractivity contribution < 1.29 is 9.59 Å². The fourth-order valence-electron chi connectivity index (χ4n) is 2.15. The fourth-order valence-corrected chi connectivity index (χ4v) is 2.47. The van der Waals surface area contributed by atoms with Gasteiger partial charge < -0.3 is 15.1 Å². The molecule has 1 fully saturated rings. The number of anilines is 1. The zero-order valence-electron chi connectivity index (χ0n) is 11.6. The second-order valence-corrected chi connectivity index (χ2v) is 5.66. The maximum absolute atomic E-state index is 12.1. The van der Waals surface area contributed by atoms with Crippen molar-refractivity contribution in [3.05, 3.63) is 29.3 Å². The Balaban J connectivity index is 1.83. The Morgan fingerprint density at radius 2 is 1.67 bits per heavy atom. The molecule has 114 valence electrons. The summed E-state index contributed by atoms with van der Waals surface area (Å²) in [6, 6.07) is 6.81. The van der Waals surface area contributed by atoms with Gasteiger partial charge in [0.15, 0.2) is 0 Å². The predicted molar refractivity (Wildman–Crippen MR) is 87.1 cm³/mol. The van der Waals surface area contributed by atoms with Crippen molar-refractivity contribution in [3.63, 3.8) is 0 Å². The van der Waals surface area contributed by atoms with Gasteiger partial charge in [0, 0.05) is 43.3 Å². The van der Waals surface area contributed by atoms with E-state index < -0.39 is 0 Å². The van der Waals surface area contributed by atoms with Crippen molar-refractivity contribution in [2.75, 3.05) is 37.2 Å². The van der Waals surface area contributed by atoms with Gasteiger partial charge in [-0.3, -0.25) is 4.79 Å². The number of carbonyl (C=O) groups excluding carboxylic acids is 2. The molecule has 21 heavy (non-hydrogen) atoms. The third-order valence-corrected chi connectivity index (χ3v) is 3.82. The lowest BCUT2D eigenvalue weighted by Crippen LogP contribution is -2.51. The number of halogens is 1. The van der Waals surface area contributed by atoms with Gasteiger partial charge in [-0.25, -0.2) is 4.79 Å². The van der Waals surface area contributed by atoms with E-state index in [9.17, 15) is 9.59 Å². The molecular formula is C14H18ClN3O2S. The Kier molecular flexibility index (Phi) is 5.76. The summed E-state index contributed by atoms with van der Waals surface area (Å²) in [6.07, 6.45) is 0.445. The van der Waals surface area contributed by atoms with Gasteiger partial charge in [0.05, 0.1) is 0 Å². The molecule has 0 aromatic heterocycles. The minimum absolute atomic E-state index is 0.0998. The number of benzene rings is 1. The lowest BCUT2D eigenvalue weighted by molar-refractivity contribution is -0.132. The molecule has 1 aliphatic rings. The number of piperazine rings is 1. The summed E-state index contributed by atoms with van der Waals surface area (Å²) < 4.78 is 0. The van der Waals surface area contributed by atoms with Crippen LogP contribution in [0.4, 0.5) is 10.5 Å². The molecule has 1 aliphatic heterocycles. The summed E-state index contributed by atoms with van der Waals surface area (Å²) in [7, 11) is 0. The van der Waals surface area contributed by atoms with Crippen LogP contribution in [0.25, 0.3) is 0 Å². The van der Waals surface area contributed by atoms with Crippen LogP contribution < -0.4 is 5.32 Å². The molecule has 0 aliphatic carbocycles. The number of nitrogens with one attached hydrogen (secondary N) is 1. The van der Waals surface area contributed by atoms with Gasteiger partial charge in [-0.2, -0.15) is 12.6 Å². The SMILES string of the molecule is O=C(CCS)N1CCN(C(=O)Nc2ccc(Cl)cc2)CC1. The van der Waals surface area contributed by atoms with Crippen LogP contribution in [0.5, 0.6) is 0 Å². The number of hydrogen-bond acceptors (Lipinski definition) is 3. The van der Waals surface area contributed by atoms with Gasteiger partial charge in [-0.05, 0) is 30.0 Å². The monoisotopic (exact) mass is 327 g/mol. The number of hydrogen-bond donors (Lipinski definition) is 2. The smallest absolute Gasteiger partial charge is 0.321 e. The Morgan fingerprint density at radius 1 is 1.10 bits per heavy atom. The summed E-state index contributed by atoms with van der Waals surface area (Å²) >= 11 is 9.86. The standard InChI is InChI=1S/C14H18ClN3O2S/c15-11-1-3-12(4-2-11)16-14(20)18-8-6-17(7-9-18)13(19)5-10-21/h1-4,21H,5-10H2,(H,16,20). The first kappa shape index (κ1) is 16.0. The minimum atomic E-state index is -0.154. The van der Waals surface area contributed by atoms with Gasteiger partial charge in [-0.15, -0.1) is 0 Å². The lowest BCUT2D eigenvalue weighted by Gasteiger charge is -2.34. The maximum Gasteiger partial charge on any atom is 0.321 e. The van der Waals surface area contributed by atoms with Crippen molar-refractivity contribution in [1.29, 1.82) is 0 Å². The Morgan fingerprint density at radius 3 is 2.24 bits per heavy atom. The summed E-state index contributed by atoms with van der Waals surface area (Å²) in [6.45, 7) is 2.22.